The summed E-state index contributed by atoms with van der Waals surface area (Å²) in [6.07, 6.45) is 8.08. The van der Waals surface area contributed by atoms with E-state index < -0.39 is 0 Å². The molecule has 0 atom stereocenters. The van der Waals surface area contributed by atoms with Gasteiger partial charge in [-0.3, -0.25) is 4.79 Å². The minimum Gasteiger partial charge on any atom is -0.378 e. The lowest BCUT2D eigenvalue weighted by molar-refractivity contribution is -0.133. The van der Waals surface area contributed by atoms with Gasteiger partial charge in [-0.1, -0.05) is 0 Å². The van der Waals surface area contributed by atoms with Crippen molar-refractivity contribution in [2.45, 2.75) is 38.3 Å². The summed E-state index contributed by atoms with van der Waals surface area (Å²) >= 11 is 0. The average Bonchev–Trinajstić information content (AvgIpc) is 3.53. The van der Waals surface area contributed by atoms with Gasteiger partial charge in [0.15, 0.2) is 0 Å². The maximum atomic E-state index is 12.1. The summed E-state index contributed by atoms with van der Waals surface area (Å²) in [6, 6.07) is 0.474. The fourth-order valence-electron chi connectivity index (χ4n) is 3.52. The Morgan fingerprint density at radius 1 is 1.08 bits per heavy atom. The van der Waals surface area contributed by atoms with Gasteiger partial charge in [0, 0.05) is 62.6 Å². The fraction of sp³-hybridized carbons (Fsp3) is 0.722. The number of piperidine rings is 1. The van der Waals surface area contributed by atoms with Gasteiger partial charge in [-0.15, -0.1) is 12.4 Å². The number of rotatable bonds is 5. The summed E-state index contributed by atoms with van der Waals surface area (Å²) in [5.74, 6) is 1.51. The Balaban J connectivity index is 0.00000196. The van der Waals surface area contributed by atoms with Crippen LogP contribution in [0.5, 0.6) is 0 Å². The van der Waals surface area contributed by atoms with Gasteiger partial charge < -0.3 is 19.9 Å². The van der Waals surface area contributed by atoms with Gasteiger partial charge in [0.25, 0.3) is 0 Å². The van der Waals surface area contributed by atoms with Crippen LogP contribution in [0.15, 0.2) is 12.4 Å². The second-order valence-corrected chi connectivity index (χ2v) is 7.25. The third-order valence-corrected chi connectivity index (χ3v) is 5.31. The molecule has 0 aromatic carbocycles. The van der Waals surface area contributed by atoms with E-state index in [4.69, 9.17) is 4.74 Å². The van der Waals surface area contributed by atoms with E-state index in [-0.39, 0.29) is 12.4 Å². The van der Waals surface area contributed by atoms with Gasteiger partial charge in [-0.25, -0.2) is 9.97 Å². The molecule has 1 aliphatic carbocycles. The highest BCUT2D eigenvalue weighted by molar-refractivity contribution is 5.85. The molecule has 144 valence electrons. The van der Waals surface area contributed by atoms with Crippen molar-refractivity contribution in [2.24, 2.45) is 5.92 Å². The monoisotopic (exact) mass is 381 g/mol. The Morgan fingerprint density at radius 2 is 1.73 bits per heavy atom. The van der Waals surface area contributed by atoms with Crippen LogP contribution >= 0.6 is 12.4 Å². The Morgan fingerprint density at radius 3 is 2.35 bits per heavy atom. The molecule has 0 bridgehead atoms. The molecule has 0 spiro atoms. The summed E-state index contributed by atoms with van der Waals surface area (Å²) in [5, 5.41) is 3.59. The van der Waals surface area contributed by atoms with E-state index in [2.05, 4.69) is 25.1 Å². The Hall–Kier alpha value is -1.44. The molecule has 1 aromatic rings. The number of amides is 1. The molecule has 3 heterocycles. The minimum absolute atomic E-state index is 0. The van der Waals surface area contributed by atoms with Crippen molar-refractivity contribution in [2.75, 3.05) is 44.3 Å². The maximum Gasteiger partial charge on any atom is 0.225 e. The number of halogens is 1. The minimum atomic E-state index is 0. The molecule has 1 N–H and O–H groups in total. The number of hydrogen-bond acceptors (Lipinski definition) is 6. The molecule has 7 nitrogen and oxygen atoms in total. The summed E-state index contributed by atoms with van der Waals surface area (Å²) in [4.78, 5) is 25.3. The number of carbonyl (C=O) groups is 1. The van der Waals surface area contributed by atoms with Crippen LogP contribution in [0.1, 0.15) is 31.2 Å². The van der Waals surface area contributed by atoms with E-state index in [9.17, 15) is 4.79 Å². The molecule has 3 fully saturated rings. The van der Waals surface area contributed by atoms with E-state index in [1.54, 1.807) is 0 Å². The van der Waals surface area contributed by atoms with Gasteiger partial charge >= 0.3 is 0 Å². The maximum absolute atomic E-state index is 12.1. The second kappa shape index (κ2) is 8.97. The van der Waals surface area contributed by atoms with Gasteiger partial charge in [-0.05, 0) is 25.7 Å². The highest BCUT2D eigenvalue weighted by Gasteiger charge is 2.34. The first-order valence-corrected chi connectivity index (χ1v) is 9.45. The zero-order valence-electron chi connectivity index (χ0n) is 15.1. The summed E-state index contributed by atoms with van der Waals surface area (Å²) < 4.78 is 5.36. The number of nitrogens with zero attached hydrogens (tertiary/aromatic N) is 4. The average molecular weight is 382 g/mol. The number of morpholine rings is 1. The largest absolute Gasteiger partial charge is 0.378 e. The van der Waals surface area contributed by atoms with Crippen molar-refractivity contribution < 1.29 is 9.53 Å². The van der Waals surface area contributed by atoms with Crippen molar-refractivity contribution in [3.63, 3.8) is 0 Å². The van der Waals surface area contributed by atoms with E-state index >= 15 is 0 Å². The lowest BCUT2D eigenvalue weighted by Gasteiger charge is -2.32. The quantitative estimate of drug-likeness (QED) is 0.827. The van der Waals surface area contributed by atoms with Crippen LogP contribution in [0, 0.1) is 5.92 Å². The van der Waals surface area contributed by atoms with E-state index in [0.29, 0.717) is 17.9 Å². The standard InChI is InChI=1S/C18H27N5O2.ClH/c24-17(15-1-2-15)22-5-3-16(4-6-22)19-11-14-12-20-18(21-13-14)23-7-9-25-10-8-23;/h12-13,15-16,19H,1-11H2;1H. The number of aromatic nitrogens is 2. The molecule has 4 rings (SSSR count). The predicted molar refractivity (Wildman–Crippen MR) is 101 cm³/mol. The molecule has 8 heteroatoms. The van der Waals surface area contributed by atoms with Crippen LogP contribution in [0.3, 0.4) is 0 Å². The molecule has 1 amide bonds. The molecule has 0 radical (unpaired) electrons. The smallest absolute Gasteiger partial charge is 0.225 e. The first-order valence-electron chi connectivity index (χ1n) is 9.45. The number of nitrogens with one attached hydrogen (secondary N) is 1. The lowest BCUT2D eigenvalue weighted by Crippen LogP contribution is -2.45. The number of likely N-dealkylation sites (tertiary alicyclic amines) is 1. The molecule has 3 aliphatic rings. The zero-order valence-corrected chi connectivity index (χ0v) is 15.9. The zero-order chi connectivity index (χ0) is 17.1. The van der Waals surface area contributed by atoms with Crippen LogP contribution < -0.4 is 10.2 Å². The molecule has 26 heavy (non-hydrogen) atoms. The van der Waals surface area contributed by atoms with E-state index in [1.807, 2.05) is 12.4 Å². The number of ether oxygens (including phenoxy) is 1. The molecular formula is C18H28ClN5O2. The number of carbonyl (C=O) groups excluding carboxylic acids is 1. The summed E-state index contributed by atoms with van der Waals surface area (Å²) in [6.45, 7) is 5.76. The first-order chi connectivity index (χ1) is 12.3. The van der Waals surface area contributed by atoms with Crippen LogP contribution in [0.25, 0.3) is 0 Å². The van der Waals surface area contributed by atoms with Crippen molar-refractivity contribution in [3.05, 3.63) is 18.0 Å². The number of hydrogen-bond donors (Lipinski definition) is 1. The Labute approximate surface area is 160 Å². The first kappa shape index (κ1) is 19.3. The Kier molecular flexibility index (Phi) is 6.67. The number of anilines is 1. The van der Waals surface area contributed by atoms with Crippen molar-refractivity contribution >= 4 is 24.3 Å². The lowest BCUT2D eigenvalue weighted by atomic mass is 10.0. The predicted octanol–water partition coefficient (Wildman–Crippen LogP) is 1.23. The van der Waals surface area contributed by atoms with Crippen molar-refractivity contribution in [1.82, 2.24) is 20.2 Å². The molecule has 1 aromatic heterocycles. The molecular weight excluding hydrogens is 354 g/mol. The highest BCUT2D eigenvalue weighted by atomic mass is 35.5. The van der Waals surface area contributed by atoms with E-state index in [1.165, 1.54) is 0 Å². The van der Waals surface area contributed by atoms with Gasteiger partial charge in [-0.2, -0.15) is 0 Å². The SMILES string of the molecule is Cl.O=C(C1CC1)N1CCC(NCc2cnc(N3CCOCC3)nc2)CC1. The fourth-order valence-corrected chi connectivity index (χ4v) is 3.52. The Bertz CT molecular complexity index is 582. The van der Waals surface area contributed by atoms with Crippen LogP contribution in [-0.4, -0.2) is 66.2 Å². The molecule has 0 unspecified atom stereocenters. The third kappa shape index (κ3) is 4.84. The van der Waals surface area contributed by atoms with Crippen LogP contribution in [-0.2, 0) is 16.1 Å². The van der Waals surface area contributed by atoms with Crippen LogP contribution in [0.4, 0.5) is 5.95 Å². The summed E-state index contributed by atoms with van der Waals surface area (Å²) in [7, 11) is 0. The van der Waals surface area contributed by atoms with Gasteiger partial charge in [0.05, 0.1) is 13.2 Å². The molecule has 2 aliphatic heterocycles. The molecule has 2 saturated heterocycles. The molecule has 1 saturated carbocycles. The second-order valence-electron chi connectivity index (χ2n) is 7.25. The highest BCUT2D eigenvalue weighted by Crippen LogP contribution is 2.31. The topological polar surface area (TPSA) is 70.6 Å². The normalized spacial score (nSPS) is 21.4. The third-order valence-electron chi connectivity index (χ3n) is 5.31. The van der Waals surface area contributed by atoms with Gasteiger partial charge in [0.1, 0.15) is 0 Å². The van der Waals surface area contributed by atoms with Crippen LogP contribution in [0.2, 0.25) is 0 Å². The van der Waals surface area contributed by atoms with Gasteiger partial charge in [0.2, 0.25) is 11.9 Å². The van der Waals surface area contributed by atoms with E-state index in [0.717, 1.165) is 83.1 Å². The summed E-state index contributed by atoms with van der Waals surface area (Å²) in [5.41, 5.74) is 1.11. The van der Waals surface area contributed by atoms with Crippen molar-refractivity contribution in [1.29, 1.82) is 0 Å². The van der Waals surface area contributed by atoms with Crippen molar-refractivity contribution in [3.8, 4) is 0 Å².